The van der Waals surface area contributed by atoms with Gasteiger partial charge in [-0.3, -0.25) is 9.79 Å². The number of nitrogens with one attached hydrogen (secondary N) is 2. The first-order valence-electron chi connectivity index (χ1n) is 6.59. The molecule has 1 heterocycles. The van der Waals surface area contributed by atoms with E-state index in [0.29, 0.717) is 23.4 Å². The summed E-state index contributed by atoms with van der Waals surface area (Å²) < 4.78 is 5.20. The Bertz CT molecular complexity index is 479. The predicted molar refractivity (Wildman–Crippen MR) is 84.9 cm³/mol. The van der Waals surface area contributed by atoms with E-state index in [1.165, 1.54) is 18.4 Å². The van der Waals surface area contributed by atoms with Crippen LogP contribution in [-0.4, -0.2) is 43.8 Å². The molecule has 3 N–H and O–H groups in total. The lowest BCUT2D eigenvalue weighted by molar-refractivity contribution is -0.140. The first-order valence-corrected chi connectivity index (χ1v) is 7.78. The van der Waals surface area contributed by atoms with Crippen molar-refractivity contribution < 1.29 is 14.6 Å². The van der Waals surface area contributed by atoms with Gasteiger partial charge in [-0.2, -0.15) is 0 Å². The minimum absolute atomic E-state index is 0.213. The number of rotatable bonds is 7. The zero-order valence-electron chi connectivity index (χ0n) is 12.1. The van der Waals surface area contributed by atoms with E-state index < -0.39 is 6.10 Å². The molecule has 0 radical (unpaired) electrons. The van der Waals surface area contributed by atoms with Crippen LogP contribution in [0.5, 0.6) is 0 Å². The van der Waals surface area contributed by atoms with Gasteiger partial charge in [0.2, 0.25) is 0 Å². The molecule has 118 valence electrons. The number of ether oxygens (including phenoxy) is 1. The molecule has 1 rings (SSSR count). The maximum atomic E-state index is 11.0. The largest absolute Gasteiger partial charge is 0.469 e. The third kappa shape index (κ3) is 6.79. The van der Waals surface area contributed by atoms with E-state index in [0.717, 1.165) is 4.88 Å². The first kappa shape index (κ1) is 17.7. The first-order chi connectivity index (χ1) is 10.1. The second-order valence-electron chi connectivity index (χ2n) is 4.13. The molecule has 0 saturated carbocycles. The van der Waals surface area contributed by atoms with E-state index in [4.69, 9.17) is 11.6 Å². The van der Waals surface area contributed by atoms with Crippen LogP contribution in [0.15, 0.2) is 17.1 Å². The molecule has 21 heavy (non-hydrogen) atoms. The summed E-state index contributed by atoms with van der Waals surface area (Å²) in [7, 11) is 1.35. The number of thiophene rings is 1. The number of halogens is 1. The number of esters is 1. The number of carbonyl (C=O) groups excluding carboxylic acids is 1. The molecule has 0 bridgehead atoms. The number of aliphatic hydroxyl groups is 1. The SMILES string of the molecule is CCNC(=NCC(O)c1ccc(Cl)s1)NCCC(=O)OC. The van der Waals surface area contributed by atoms with Gasteiger partial charge in [0, 0.05) is 18.0 Å². The van der Waals surface area contributed by atoms with Crippen LogP contribution in [0.1, 0.15) is 24.3 Å². The smallest absolute Gasteiger partial charge is 0.307 e. The number of methoxy groups -OCH3 is 1. The van der Waals surface area contributed by atoms with Crippen LogP contribution >= 0.6 is 22.9 Å². The molecule has 0 aliphatic carbocycles. The second-order valence-corrected chi connectivity index (χ2v) is 5.88. The summed E-state index contributed by atoms with van der Waals surface area (Å²) in [5.74, 6) is 0.259. The van der Waals surface area contributed by atoms with Gasteiger partial charge in [0.05, 0.1) is 24.4 Å². The summed E-state index contributed by atoms with van der Waals surface area (Å²) in [6.45, 7) is 3.25. The Labute approximate surface area is 133 Å². The molecule has 0 fully saturated rings. The maximum absolute atomic E-state index is 11.0. The molecule has 1 atom stereocenters. The number of nitrogens with zero attached hydrogens (tertiary/aromatic N) is 1. The number of aliphatic hydroxyl groups excluding tert-OH is 1. The van der Waals surface area contributed by atoms with Gasteiger partial charge in [0.15, 0.2) is 5.96 Å². The van der Waals surface area contributed by atoms with Gasteiger partial charge in [0.25, 0.3) is 0 Å². The van der Waals surface area contributed by atoms with Crippen LogP contribution in [0, 0.1) is 0 Å². The van der Waals surface area contributed by atoms with Crippen LogP contribution in [-0.2, 0) is 9.53 Å². The lowest BCUT2D eigenvalue weighted by Gasteiger charge is -2.12. The van der Waals surface area contributed by atoms with Gasteiger partial charge in [-0.25, -0.2) is 0 Å². The fourth-order valence-electron chi connectivity index (χ4n) is 1.50. The lowest BCUT2D eigenvalue weighted by atomic mass is 10.3. The highest BCUT2D eigenvalue weighted by atomic mass is 35.5. The number of hydrogen-bond acceptors (Lipinski definition) is 5. The van der Waals surface area contributed by atoms with Crippen LogP contribution in [0.4, 0.5) is 0 Å². The maximum Gasteiger partial charge on any atom is 0.307 e. The van der Waals surface area contributed by atoms with Gasteiger partial charge in [-0.1, -0.05) is 11.6 Å². The highest BCUT2D eigenvalue weighted by Gasteiger charge is 2.10. The van der Waals surface area contributed by atoms with Crippen molar-refractivity contribution in [1.29, 1.82) is 0 Å². The molecule has 1 aromatic heterocycles. The Morgan fingerprint density at radius 1 is 1.52 bits per heavy atom. The van der Waals surface area contributed by atoms with E-state index in [1.54, 1.807) is 12.1 Å². The Hall–Kier alpha value is -1.31. The predicted octanol–water partition coefficient (Wildman–Crippen LogP) is 1.55. The molecule has 0 aliphatic heterocycles. The van der Waals surface area contributed by atoms with Crippen LogP contribution in [0.25, 0.3) is 0 Å². The minimum atomic E-state index is -0.696. The summed E-state index contributed by atoms with van der Waals surface area (Å²) >= 11 is 7.16. The Morgan fingerprint density at radius 3 is 2.86 bits per heavy atom. The average molecular weight is 334 g/mol. The standard InChI is InChI=1S/C13H20ClN3O3S/c1-3-15-13(16-7-6-12(19)20-2)17-8-9(18)10-4-5-11(14)21-10/h4-5,9,18H,3,6-8H2,1-2H3,(H2,15,16,17). The van der Waals surface area contributed by atoms with Crippen molar-refractivity contribution in [3.8, 4) is 0 Å². The highest BCUT2D eigenvalue weighted by Crippen LogP contribution is 2.26. The van der Waals surface area contributed by atoms with Crippen molar-refractivity contribution in [2.75, 3.05) is 26.7 Å². The van der Waals surface area contributed by atoms with E-state index in [1.807, 2.05) is 6.92 Å². The van der Waals surface area contributed by atoms with Gasteiger partial charge in [-0.05, 0) is 19.1 Å². The number of carbonyl (C=O) groups is 1. The number of hydrogen-bond donors (Lipinski definition) is 3. The highest BCUT2D eigenvalue weighted by molar-refractivity contribution is 7.16. The van der Waals surface area contributed by atoms with Gasteiger partial charge < -0.3 is 20.5 Å². The molecule has 6 nitrogen and oxygen atoms in total. The third-order valence-corrected chi connectivity index (χ3v) is 3.87. The fraction of sp³-hybridized carbons (Fsp3) is 0.538. The second kappa shape index (κ2) is 9.59. The summed E-state index contributed by atoms with van der Waals surface area (Å²) in [5, 5.41) is 16.1. The van der Waals surface area contributed by atoms with Gasteiger partial charge in [-0.15, -0.1) is 11.3 Å². The molecule has 1 unspecified atom stereocenters. The zero-order chi connectivity index (χ0) is 15.7. The van der Waals surface area contributed by atoms with Crippen molar-refractivity contribution >= 4 is 34.9 Å². The summed E-state index contributed by atoms with van der Waals surface area (Å²) in [5.41, 5.74) is 0. The van der Waals surface area contributed by atoms with Crippen molar-refractivity contribution in [2.45, 2.75) is 19.4 Å². The van der Waals surface area contributed by atoms with Crippen LogP contribution in [0.3, 0.4) is 0 Å². The van der Waals surface area contributed by atoms with Crippen molar-refractivity contribution in [1.82, 2.24) is 10.6 Å². The molecular formula is C13H20ClN3O3S. The van der Waals surface area contributed by atoms with Crippen LogP contribution in [0.2, 0.25) is 4.34 Å². The molecule has 8 heteroatoms. The van der Waals surface area contributed by atoms with E-state index in [9.17, 15) is 9.90 Å². The fourth-order valence-corrected chi connectivity index (χ4v) is 2.54. The molecule has 1 aromatic rings. The van der Waals surface area contributed by atoms with E-state index in [2.05, 4.69) is 20.4 Å². The minimum Gasteiger partial charge on any atom is -0.469 e. The summed E-state index contributed by atoms with van der Waals surface area (Å²) in [6.07, 6.45) is -0.442. The average Bonchev–Trinajstić information content (AvgIpc) is 2.90. The summed E-state index contributed by atoms with van der Waals surface area (Å²) in [6, 6.07) is 3.53. The summed E-state index contributed by atoms with van der Waals surface area (Å²) in [4.78, 5) is 16.1. The number of guanidine groups is 1. The van der Waals surface area contributed by atoms with E-state index >= 15 is 0 Å². The van der Waals surface area contributed by atoms with Crippen molar-refractivity contribution in [2.24, 2.45) is 4.99 Å². The molecule has 0 spiro atoms. The Kier molecular flexibility index (Phi) is 8.11. The quantitative estimate of drug-likeness (QED) is 0.400. The Morgan fingerprint density at radius 2 is 2.29 bits per heavy atom. The Balaban J connectivity index is 2.48. The topological polar surface area (TPSA) is 83.0 Å². The lowest BCUT2D eigenvalue weighted by Crippen LogP contribution is -2.38. The molecule has 0 amide bonds. The van der Waals surface area contributed by atoms with Gasteiger partial charge in [0.1, 0.15) is 6.10 Å². The zero-order valence-corrected chi connectivity index (χ0v) is 13.6. The van der Waals surface area contributed by atoms with Crippen molar-refractivity contribution in [3.05, 3.63) is 21.3 Å². The van der Waals surface area contributed by atoms with Crippen molar-refractivity contribution in [3.63, 3.8) is 0 Å². The monoisotopic (exact) mass is 333 g/mol. The molecule has 0 saturated heterocycles. The molecule has 0 aromatic carbocycles. The van der Waals surface area contributed by atoms with Gasteiger partial charge >= 0.3 is 5.97 Å². The molecule has 0 aliphatic rings. The van der Waals surface area contributed by atoms with E-state index in [-0.39, 0.29) is 18.9 Å². The third-order valence-electron chi connectivity index (χ3n) is 2.54. The normalized spacial score (nSPS) is 12.9. The number of aliphatic imine (C=N–C) groups is 1. The molecular weight excluding hydrogens is 314 g/mol. The van der Waals surface area contributed by atoms with Crippen LogP contribution < -0.4 is 10.6 Å².